The molecule has 0 amide bonds. The zero-order valence-corrected chi connectivity index (χ0v) is 21.7. The van der Waals surface area contributed by atoms with Crippen molar-refractivity contribution in [3.63, 3.8) is 0 Å². The summed E-state index contributed by atoms with van der Waals surface area (Å²) in [5, 5.41) is 2.37. The molecule has 0 bridgehead atoms. The van der Waals surface area contributed by atoms with E-state index in [4.69, 9.17) is 4.98 Å². The Morgan fingerprint density at radius 1 is 0.763 bits per heavy atom. The monoisotopic (exact) mass is 500 g/mol. The third kappa shape index (κ3) is 4.85. The predicted octanol–water partition coefficient (Wildman–Crippen LogP) is 5.73. The number of nitrogens with one attached hydrogen (secondary N) is 1. The first-order valence-electron chi connectivity index (χ1n) is 13.3. The lowest BCUT2D eigenvalue weighted by molar-refractivity contribution is 0.211. The van der Waals surface area contributed by atoms with E-state index in [9.17, 15) is 4.79 Å². The molecular weight excluding hydrogens is 468 g/mol. The van der Waals surface area contributed by atoms with E-state index in [-0.39, 0.29) is 11.6 Å². The van der Waals surface area contributed by atoms with Crippen LogP contribution in [0.3, 0.4) is 0 Å². The number of H-pyrrole nitrogens is 1. The number of fused-ring (bicyclic) bond motifs is 1. The SMILES string of the molecule is Cc1nc(N2CCN(C(c3ccccc3)c3ccccc3)CC2)[nH]c(=O)c1Cc1cccc2ccccc12. The summed E-state index contributed by atoms with van der Waals surface area (Å²) in [5.41, 5.74) is 5.23. The predicted molar refractivity (Wildman–Crippen MR) is 155 cm³/mol. The van der Waals surface area contributed by atoms with Crippen LogP contribution < -0.4 is 10.5 Å². The van der Waals surface area contributed by atoms with E-state index in [1.165, 1.54) is 21.9 Å². The average molecular weight is 501 g/mol. The summed E-state index contributed by atoms with van der Waals surface area (Å²) in [7, 11) is 0. The number of rotatable bonds is 6. The molecule has 6 rings (SSSR count). The van der Waals surface area contributed by atoms with Gasteiger partial charge in [-0.2, -0.15) is 0 Å². The maximum atomic E-state index is 13.3. The molecule has 1 fully saturated rings. The highest BCUT2D eigenvalue weighted by atomic mass is 16.1. The summed E-state index contributed by atoms with van der Waals surface area (Å²) in [4.78, 5) is 26.0. The second-order valence-corrected chi connectivity index (χ2v) is 10.0. The molecule has 1 aliphatic rings. The minimum absolute atomic E-state index is 0.0469. The Bertz CT molecular complexity index is 1540. The van der Waals surface area contributed by atoms with Crippen molar-refractivity contribution in [2.75, 3.05) is 31.1 Å². The van der Waals surface area contributed by atoms with E-state index in [2.05, 4.69) is 106 Å². The quantitative estimate of drug-likeness (QED) is 0.323. The van der Waals surface area contributed by atoms with Gasteiger partial charge >= 0.3 is 0 Å². The molecule has 2 heterocycles. The number of aryl methyl sites for hydroxylation is 1. The molecular formula is C33H32N4O. The molecule has 1 aliphatic heterocycles. The van der Waals surface area contributed by atoms with E-state index < -0.39 is 0 Å². The van der Waals surface area contributed by atoms with Crippen molar-refractivity contribution in [3.05, 3.63) is 141 Å². The lowest BCUT2D eigenvalue weighted by atomic mass is 9.96. The van der Waals surface area contributed by atoms with E-state index in [0.29, 0.717) is 12.4 Å². The van der Waals surface area contributed by atoms with Gasteiger partial charge in [0.15, 0.2) is 0 Å². The third-order valence-electron chi connectivity index (χ3n) is 7.67. The molecule has 1 N–H and O–H groups in total. The van der Waals surface area contributed by atoms with Crippen LogP contribution in [0, 0.1) is 6.92 Å². The Morgan fingerprint density at radius 2 is 1.37 bits per heavy atom. The van der Waals surface area contributed by atoms with E-state index in [0.717, 1.165) is 43.0 Å². The van der Waals surface area contributed by atoms with Crippen molar-refractivity contribution in [2.45, 2.75) is 19.4 Å². The lowest BCUT2D eigenvalue weighted by Gasteiger charge is -2.40. The van der Waals surface area contributed by atoms with Crippen molar-refractivity contribution >= 4 is 16.7 Å². The first-order chi connectivity index (χ1) is 18.7. The van der Waals surface area contributed by atoms with E-state index in [1.54, 1.807) is 0 Å². The maximum Gasteiger partial charge on any atom is 0.256 e. The molecule has 5 heteroatoms. The molecule has 38 heavy (non-hydrogen) atoms. The zero-order chi connectivity index (χ0) is 25.9. The van der Waals surface area contributed by atoms with Gasteiger partial charge in [0.25, 0.3) is 5.56 Å². The molecule has 1 aromatic heterocycles. The van der Waals surface area contributed by atoms with Crippen LogP contribution in [0.25, 0.3) is 10.8 Å². The summed E-state index contributed by atoms with van der Waals surface area (Å²) in [5.74, 6) is 0.671. The Kier molecular flexibility index (Phi) is 6.76. The average Bonchev–Trinajstić information content (AvgIpc) is 2.97. The van der Waals surface area contributed by atoms with Gasteiger partial charge in [-0.1, -0.05) is 103 Å². The van der Waals surface area contributed by atoms with Gasteiger partial charge in [0.1, 0.15) is 0 Å². The van der Waals surface area contributed by atoms with Gasteiger partial charge in [-0.15, -0.1) is 0 Å². The molecule has 5 aromatic rings. The highest BCUT2D eigenvalue weighted by Crippen LogP contribution is 2.30. The number of hydrogen-bond donors (Lipinski definition) is 1. The fraction of sp³-hybridized carbons (Fsp3) is 0.212. The maximum absolute atomic E-state index is 13.3. The number of piperazine rings is 1. The summed E-state index contributed by atoms with van der Waals surface area (Å²) in [6.07, 6.45) is 0.569. The van der Waals surface area contributed by atoms with Gasteiger partial charge in [-0.3, -0.25) is 14.7 Å². The lowest BCUT2D eigenvalue weighted by Crippen LogP contribution is -2.48. The molecule has 5 nitrogen and oxygen atoms in total. The second-order valence-electron chi connectivity index (χ2n) is 10.0. The minimum Gasteiger partial charge on any atom is -0.340 e. The molecule has 0 unspecified atom stereocenters. The van der Waals surface area contributed by atoms with Crippen LogP contribution >= 0.6 is 0 Å². The molecule has 0 atom stereocenters. The highest BCUT2D eigenvalue weighted by Gasteiger charge is 2.27. The van der Waals surface area contributed by atoms with Crippen LogP contribution in [0.2, 0.25) is 0 Å². The van der Waals surface area contributed by atoms with Crippen LogP contribution in [-0.2, 0) is 6.42 Å². The van der Waals surface area contributed by atoms with Crippen molar-refractivity contribution in [2.24, 2.45) is 0 Å². The van der Waals surface area contributed by atoms with Gasteiger partial charge in [0, 0.05) is 38.2 Å². The molecule has 0 radical (unpaired) electrons. The van der Waals surface area contributed by atoms with E-state index >= 15 is 0 Å². The molecule has 190 valence electrons. The van der Waals surface area contributed by atoms with Crippen LogP contribution in [-0.4, -0.2) is 41.0 Å². The largest absolute Gasteiger partial charge is 0.340 e. The summed E-state index contributed by atoms with van der Waals surface area (Å²) in [6, 6.07) is 36.2. The number of nitrogens with zero attached hydrogens (tertiary/aromatic N) is 3. The Morgan fingerprint density at radius 3 is 2.03 bits per heavy atom. The Balaban J connectivity index is 1.21. The van der Waals surface area contributed by atoms with Gasteiger partial charge in [-0.25, -0.2) is 4.98 Å². The molecule has 0 spiro atoms. The van der Waals surface area contributed by atoms with Crippen LogP contribution in [0.5, 0.6) is 0 Å². The second kappa shape index (κ2) is 10.6. The smallest absolute Gasteiger partial charge is 0.256 e. The summed E-state index contributed by atoms with van der Waals surface area (Å²) < 4.78 is 0. The van der Waals surface area contributed by atoms with Crippen molar-refractivity contribution in [1.29, 1.82) is 0 Å². The van der Waals surface area contributed by atoms with Gasteiger partial charge in [-0.05, 0) is 34.4 Å². The highest BCUT2D eigenvalue weighted by molar-refractivity contribution is 5.85. The molecule has 1 saturated heterocycles. The minimum atomic E-state index is -0.0469. The fourth-order valence-electron chi connectivity index (χ4n) is 5.67. The number of aromatic amines is 1. The normalized spacial score (nSPS) is 14.3. The Hall–Kier alpha value is -4.22. The number of aromatic nitrogens is 2. The number of benzene rings is 4. The first-order valence-corrected chi connectivity index (χ1v) is 13.3. The Labute approximate surface area is 223 Å². The van der Waals surface area contributed by atoms with Crippen LogP contribution in [0.1, 0.15) is 34.0 Å². The molecule has 0 saturated carbocycles. The standard InChI is InChI=1S/C33H32N4O/c1-24-30(23-28-17-10-16-25-11-8-9-18-29(25)28)32(38)35-33(34-24)37-21-19-36(20-22-37)31(26-12-4-2-5-13-26)27-14-6-3-7-15-27/h2-18,31H,19-23H2,1H3,(H,34,35,38). The number of anilines is 1. The topological polar surface area (TPSA) is 52.2 Å². The zero-order valence-electron chi connectivity index (χ0n) is 21.7. The van der Waals surface area contributed by atoms with Crippen molar-refractivity contribution in [3.8, 4) is 0 Å². The summed E-state index contributed by atoms with van der Waals surface area (Å²) in [6.45, 7) is 5.34. The summed E-state index contributed by atoms with van der Waals surface area (Å²) >= 11 is 0. The van der Waals surface area contributed by atoms with Crippen LogP contribution in [0.4, 0.5) is 5.95 Å². The first kappa shape index (κ1) is 24.1. The molecule has 4 aromatic carbocycles. The third-order valence-corrected chi connectivity index (χ3v) is 7.67. The van der Waals surface area contributed by atoms with E-state index in [1.807, 2.05) is 19.1 Å². The van der Waals surface area contributed by atoms with Crippen molar-refractivity contribution < 1.29 is 0 Å². The van der Waals surface area contributed by atoms with Gasteiger partial charge in [0.05, 0.1) is 11.7 Å². The fourth-order valence-corrected chi connectivity index (χ4v) is 5.67. The molecule has 0 aliphatic carbocycles. The van der Waals surface area contributed by atoms with Gasteiger partial charge < -0.3 is 4.90 Å². The van der Waals surface area contributed by atoms with Crippen molar-refractivity contribution in [1.82, 2.24) is 14.9 Å². The van der Waals surface area contributed by atoms with Crippen LogP contribution in [0.15, 0.2) is 108 Å². The van der Waals surface area contributed by atoms with Gasteiger partial charge in [0.2, 0.25) is 5.95 Å². The number of hydrogen-bond acceptors (Lipinski definition) is 4.